The van der Waals surface area contributed by atoms with Gasteiger partial charge in [-0.1, -0.05) is 0 Å². The molecular formula is C13H13FN4O3. The Bertz CT molecular complexity index is 667. The van der Waals surface area contributed by atoms with Crippen LogP contribution >= 0.6 is 0 Å². The lowest BCUT2D eigenvalue weighted by molar-refractivity contribution is -0.116. The average molecular weight is 292 g/mol. The number of carbonyl (C=O) groups is 2. The maximum atomic E-state index is 12.7. The zero-order valence-corrected chi connectivity index (χ0v) is 11.2. The molecule has 0 saturated heterocycles. The average Bonchev–Trinajstić information content (AvgIpc) is 2.81. The summed E-state index contributed by atoms with van der Waals surface area (Å²) in [6.45, 7) is -0.140. The van der Waals surface area contributed by atoms with Crippen LogP contribution in [0.25, 0.3) is 0 Å². The number of carbonyl (C=O) groups excluding carboxylic acids is 2. The fourth-order valence-corrected chi connectivity index (χ4v) is 1.65. The van der Waals surface area contributed by atoms with E-state index in [2.05, 4.69) is 15.2 Å². The highest BCUT2D eigenvalue weighted by Crippen LogP contribution is 2.11. The van der Waals surface area contributed by atoms with Crippen molar-refractivity contribution in [2.24, 2.45) is 0 Å². The van der Waals surface area contributed by atoms with Crippen molar-refractivity contribution < 1.29 is 18.7 Å². The van der Waals surface area contributed by atoms with E-state index in [1.54, 1.807) is 0 Å². The number of nitrogens with zero attached hydrogens (tertiary/aromatic N) is 2. The minimum absolute atomic E-state index is 0.0490. The van der Waals surface area contributed by atoms with Crippen LogP contribution in [-0.2, 0) is 16.1 Å². The van der Waals surface area contributed by atoms with Gasteiger partial charge in [0, 0.05) is 11.9 Å². The van der Waals surface area contributed by atoms with Gasteiger partial charge in [0.2, 0.25) is 5.91 Å². The highest BCUT2D eigenvalue weighted by atomic mass is 19.1. The molecule has 0 spiro atoms. The molecular weight excluding hydrogens is 279 g/mol. The Hall–Kier alpha value is -2.90. The number of halogens is 1. The van der Waals surface area contributed by atoms with Gasteiger partial charge in [-0.15, -0.1) is 0 Å². The number of amides is 1. The maximum absolute atomic E-state index is 12.7. The quantitative estimate of drug-likeness (QED) is 0.820. The molecule has 8 heteroatoms. The minimum Gasteiger partial charge on any atom is -0.464 e. The lowest BCUT2D eigenvalue weighted by atomic mass is 10.3. The number of ether oxygens (including phenoxy) is 1. The zero-order chi connectivity index (χ0) is 15.4. The number of hydrogen-bond donors (Lipinski definition) is 2. The number of rotatable bonds is 4. The largest absolute Gasteiger partial charge is 0.464 e. The van der Waals surface area contributed by atoms with Crippen molar-refractivity contribution in [3.8, 4) is 0 Å². The van der Waals surface area contributed by atoms with E-state index >= 15 is 0 Å². The molecule has 7 nitrogen and oxygen atoms in total. The van der Waals surface area contributed by atoms with Gasteiger partial charge in [-0.2, -0.15) is 5.10 Å². The molecule has 2 rings (SSSR count). The van der Waals surface area contributed by atoms with E-state index in [9.17, 15) is 14.0 Å². The monoisotopic (exact) mass is 292 g/mol. The van der Waals surface area contributed by atoms with Crippen LogP contribution in [0, 0.1) is 5.82 Å². The second-order valence-electron chi connectivity index (χ2n) is 4.18. The highest BCUT2D eigenvalue weighted by Gasteiger charge is 2.16. The summed E-state index contributed by atoms with van der Waals surface area (Å²) >= 11 is 0. The first-order chi connectivity index (χ1) is 9.99. The Morgan fingerprint density at radius 2 is 2.05 bits per heavy atom. The third-order valence-corrected chi connectivity index (χ3v) is 2.60. The molecule has 110 valence electrons. The van der Waals surface area contributed by atoms with Crippen LogP contribution in [0.1, 0.15) is 10.5 Å². The topological polar surface area (TPSA) is 99.2 Å². The molecule has 0 aliphatic carbocycles. The van der Waals surface area contributed by atoms with E-state index in [1.807, 2.05) is 0 Å². The number of nitrogens with one attached hydrogen (secondary N) is 1. The van der Waals surface area contributed by atoms with Gasteiger partial charge >= 0.3 is 5.97 Å². The SMILES string of the molecule is COC(=O)c1nn(CC(=O)Nc2ccc(F)cc2)cc1N. The number of hydrogen-bond acceptors (Lipinski definition) is 5. The van der Waals surface area contributed by atoms with Crippen LogP contribution in [0.5, 0.6) is 0 Å². The van der Waals surface area contributed by atoms with E-state index in [0.29, 0.717) is 5.69 Å². The number of esters is 1. The van der Waals surface area contributed by atoms with E-state index in [0.717, 1.165) is 0 Å². The lowest BCUT2D eigenvalue weighted by Gasteiger charge is -2.05. The smallest absolute Gasteiger partial charge is 0.360 e. The van der Waals surface area contributed by atoms with Crippen LogP contribution in [0.3, 0.4) is 0 Å². The van der Waals surface area contributed by atoms with Crippen molar-refractivity contribution in [1.29, 1.82) is 0 Å². The third kappa shape index (κ3) is 3.56. The van der Waals surface area contributed by atoms with E-state index in [-0.39, 0.29) is 23.8 Å². The van der Waals surface area contributed by atoms with Crippen LogP contribution in [-0.4, -0.2) is 28.8 Å². The predicted molar refractivity (Wildman–Crippen MR) is 73.0 cm³/mol. The third-order valence-electron chi connectivity index (χ3n) is 2.60. The molecule has 0 bridgehead atoms. The molecule has 1 aromatic carbocycles. The van der Waals surface area contributed by atoms with E-state index in [4.69, 9.17) is 5.73 Å². The fourth-order valence-electron chi connectivity index (χ4n) is 1.65. The Morgan fingerprint density at radius 3 is 2.67 bits per heavy atom. The molecule has 1 aromatic heterocycles. The summed E-state index contributed by atoms with van der Waals surface area (Å²) in [5.74, 6) is -1.46. The van der Waals surface area contributed by atoms with Crippen molar-refractivity contribution in [1.82, 2.24) is 9.78 Å². The Morgan fingerprint density at radius 1 is 1.38 bits per heavy atom. The summed E-state index contributed by atoms with van der Waals surface area (Å²) in [5.41, 5.74) is 6.13. The van der Waals surface area contributed by atoms with Crippen LogP contribution in [0.15, 0.2) is 30.5 Å². The molecule has 0 atom stereocenters. The van der Waals surface area contributed by atoms with Gasteiger partial charge in [-0.25, -0.2) is 9.18 Å². The summed E-state index contributed by atoms with van der Waals surface area (Å²) in [4.78, 5) is 23.1. The lowest BCUT2D eigenvalue weighted by Crippen LogP contribution is -2.19. The first-order valence-corrected chi connectivity index (χ1v) is 5.96. The Labute approximate surface area is 119 Å². The predicted octanol–water partition coefficient (Wildman–Crippen LogP) is 1.03. The maximum Gasteiger partial charge on any atom is 0.360 e. The van der Waals surface area contributed by atoms with Crippen LogP contribution in [0.2, 0.25) is 0 Å². The number of benzene rings is 1. The van der Waals surface area contributed by atoms with Crippen LogP contribution < -0.4 is 11.1 Å². The molecule has 1 heterocycles. The minimum atomic E-state index is -0.676. The number of nitrogens with two attached hydrogens (primary N) is 1. The molecule has 0 unspecified atom stereocenters. The molecule has 2 aromatic rings. The van der Waals surface area contributed by atoms with Gasteiger partial charge in [-0.3, -0.25) is 9.48 Å². The molecule has 0 radical (unpaired) electrons. The number of methoxy groups -OCH3 is 1. The summed E-state index contributed by atoms with van der Waals surface area (Å²) in [6.07, 6.45) is 1.36. The molecule has 0 aliphatic heterocycles. The second kappa shape index (κ2) is 6.04. The normalized spacial score (nSPS) is 10.2. The summed E-state index contributed by atoms with van der Waals surface area (Å²) in [5, 5.41) is 6.44. The van der Waals surface area contributed by atoms with Crippen molar-refractivity contribution in [2.75, 3.05) is 18.2 Å². The van der Waals surface area contributed by atoms with Crippen molar-refractivity contribution in [3.63, 3.8) is 0 Å². The fraction of sp³-hybridized carbons (Fsp3) is 0.154. The highest BCUT2D eigenvalue weighted by molar-refractivity contribution is 5.93. The second-order valence-corrected chi connectivity index (χ2v) is 4.18. The first kappa shape index (κ1) is 14.5. The standard InChI is InChI=1S/C13H13FN4O3/c1-21-13(20)12-10(15)6-18(17-12)7-11(19)16-9-4-2-8(14)3-5-9/h2-6H,7,15H2,1H3,(H,16,19). The van der Waals surface area contributed by atoms with Crippen molar-refractivity contribution >= 4 is 23.3 Å². The summed E-state index contributed by atoms with van der Waals surface area (Å²) < 4.78 is 18.5. The van der Waals surface area contributed by atoms with Gasteiger partial charge in [0.1, 0.15) is 12.4 Å². The Kier molecular flexibility index (Phi) is 4.17. The Balaban J connectivity index is 2.03. The van der Waals surface area contributed by atoms with Gasteiger partial charge in [0.15, 0.2) is 5.69 Å². The number of nitrogen functional groups attached to an aromatic ring is 1. The summed E-state index contributed by atoms with van der Waals surface area (Å²) in [6, 6.07) is 5.34. The van der Waals surface area contributed by atoms with Crippen molar-refractivity contribution in [2.45, 2.75) is 6.54 Å². The zero-order valence-electron chi connectivity index (χ0n) is 11.2. The molecule has 21 heavy (non-hydrogen) atoms. The van der Waals surface area contributed by atoms with Gasteiger partial charge in [0.05, 0.1) is 12.8 Å². The van der Waals surface area contributed by atoms with Gasteiger partial charge in [-0.05, 0) is 24.3 Å². The van der Waals surface area contributed by atoms with Crippen LogP contribution in [0.4, 0.5) is 15.8 Å². The molecule has 3 N–H and O–H groups in total. The molecule has 1 amide bonds. The van der Waals surface area contributed by atoms with Gasteiger partial charge in [0.25, 0.3) is 0 Å². The number of aromatic nitrogens is 2. The molecule has 0 fully saturated rings. The molecule has 0 aliphatic rings. The summed E-state index contributed by atoms with van der Waals surface area (Å²) in [7, 11) is 1.21. The molecule has 0 saturated carbocycles. The first-order valence-electron chi connectivity index (χ1n) is 5.96. The van der Waals surface area contributed by atoms with E-state index < -0.39 is 11.8 Å². The number of anilines is 2. The van der Waals surface area contributed by atoms with E-state index in [1.165, 1.54) is 42.3 Å². The van der Waals surface area contributed by atoms with Crippen molar-refractivity contribution in [3.05, 3.63) is 42.0 Å². The van der Waals surface area contributed by atoms with Gasteiger partial charge < -0.3 is 15.8 Å².